The summed E-state index contributed by atoms with van der Waals surface area (Å²) in [5.41, 5.74) is 4.19. The Morgan fingerprint density at radius 3 is 2.31 bits per heavy atom. The van der Waals surface area contributed by atoms with E-state index in [0.717, 1.165) is 32.4 Å². The normalized spacial score (nSPS) is 23.1. The number of rotatable bonds is 5. The lowest BCUT2D eigenvalue weighted by atomic mass is 10.1. The maximum Gasteiger partial charge on any atom is 0.237 e. The number of nitrogens with one attached hydrogen (secondary N) is 2. The summed E-state index contributed by atoms with van der Waals surface area (Å²) in [5, 5.41) is 6.67. The molecule has 2 aromatic rings. The Morgan fingerprint density at radius 1 is 1.00 bits per heavy atom. The van der Waals surface area contributed by atoms with Crippen LogP contribution >= 0.6 is 0 Å². The first-order valence-electron chi connectivity index (χ1n) is 9.55. The van der Waals surface area contributed by atoms with Gasteiger partial charge in [0.2, 0.25) is 5.91 Å². The van der Waals surface area contributed by atoms with E-state index >= 15 is 0 Å². The van der Waals surface area contributed by atoms with Gasteiger partial charge >= 0.3 is 0 Å². The minimum Gasteiger partial charge on any atom is -0.358 e. The van der Waals surface area contributed by atoms with Crippen molar-refractivity contribution in [3.8, 4) is 0 Å². The second-order valence-electron chi connectivity index (χ2n) is 7.52. The highest BCUT2D eigenvalue weighted by atomic mass is 16.2. The van der Waals surface area contributed by atoms with Crippen molar-refractivity contribution in [1.29, 1.82) is 0 Å². The fourth-order valence-electron chi connectivity index (χ4n) is 4.47. The van der Waals surface area contributed by atoms with Gasteiger partial charge in [0.1, 0.15) is 0 Å². The molecular weight excluding hydrogens is 322 g/mol. The lowest BCUT2D eigenvalue weighted by Crippen LogP contribution is -2.41. The van der Waals surface area contributed by atoms with E-state index in [2.05, 4.69) is 64.1 Å². The molecule has 0 saturated carbocycles. The minimum absolute atomic E-state index is 0.0542. The zero-order valence-corrected chi connectivity index (χ0v) is 15.3. The number of likely N-dealkylation sites (tertiary alicyclic amines) is 1. The first kappa shape index (κ1) is 17.3. The number of carbonyl (C=O) groups is 1. The van der Waals surface area contributed by atoms with E-state index in [4.69, 9.17) is 0 Å². The van der Waals surface area contributed by atoms with E-state index < -0.39 is 0 Å². The van der Waals surface area contributed by atoms with Gasteiger partial charge in [0.15, 0.2) is 0 Å². The zero-order chi connectivity index (χ0) is 17.9. The number of carbonyl (C=O) groups excluding carboxylic acids is 1. The number of hydrogen-bond acceptors (Lipinski definition) is 3. The van der Waals surface area contributed by atoms with Crippen LogP contribution in [0.25, 0.3) is 0 Å². The molecule has 2 atom stereocenters. The Morgan fingerprint density at radius 2 is 1.65 bits per heavy atom. The molecule has 0 radical (unpaired) electrons. The minimum atomic E-state index is -0.0542. The first-order chi connectivity index (χ1) is 12.7. The van der Waals surface area contributed by atoms with Crippen LogP contribution in [0.5, 0.6) is 0 Å². The van der Waals surface area contributed by atoms with Gasteiger partial charge in [0.25, 0.3) is 0 Å². The molecule has 1 aliphatic carbocycles. The smallest absolute Gasteiger partial charge is 0.237 e. The number of hydrogen-bond donors (Lipinski definition) is 2. The quantitative estimate of drug-likeness (QED) is 0.869. The Balaban J connectivity index is 1.41. The number of likely N-dealkylation sites (N-methyl/N-ethyl adjacent to an activating group) is 1. The van der Waals surface area contributed by atoms with E-state index in [1.54, 1.807) is 7.05 Å². The molecule has 1 amide bonds. The molecular formula is C22H27N3O. The van der Waals surface area contributed by atoms with Crippen molar-refractivity contribution in [2.24, 2.45) is 0 Å². The molecule has 1 heterocycles. The molecule has 1 saturated heterocycles. The Hall–Kier alpha value is -2.17. The molecule has 26 heavy (non-hydrogen) atoms. The van der Waals surface area contributed by atoms with E-state index in [-0.39, 0.29) is 11.9 Å². The fraction of sp³-hybridized carbons (Fsp3) is 0.409. The average molecular weight is 349 g/mol. The highest BCUT2D eigenvalue weighted by molar-refractivity contribution is 5.81. The third kappa shape index (κ3) is 3.67. The van der Waals surface area contributed by atoms with Crippen molar-refractivity contribution in [2.75, 3.05) is 13.6 Å². The van der Waals surface area contributed by atoms with Gasteiger partial charge in [-0.25, -0.2) is 0 Å². The molecule has 1 aliphatic heterocycles. The third-order valence-corrected chi connectivity index (χ3v) is 5.70. The monoisotopic (exact) mass is 349 g/mol. The fourth-order valence-corrected chi connectivity index (χ4v) is 4.47. The van der Waals surface area contributed by atoms with Crippen LogP contribution < -0.4 is 10.6 Å². The molecule has 4 heteroatoms. The maximum absolute atomic E-state index is 12.4. The van der Waals surface area contributed by atoms with E-state index in [0.29, 0.717) is 12.1 Å². The average Bonchev–Trinajstić information content (AvgIpc) is 3.25. The molecule has 0 unspecified atom stereocenters. The van der Waals surface area contributed by atoms with Crippen LogP contribution in [0.3, 0.4) is 0 Å². The molecule has 4 rings (SSSR count). The van der Waals surface area contributed by atoms with Gasteiger partial charge in [-0.3, -0.25) is 9.69 Å². The Bertz CT molecular complexity index is 736. The standard InChI is InChI=1S/C22H27N3O/c1-23-22(26)21-13-20(15-25(21)14-16-7-3-2-4-8-16)24-19-11-17-9-5-6-10-18(17)12-19/h2-10,19-21,24H,11-15H2,1H3,(H,23,26)/t20-,21+/m1/s1. The number of amides is 1. The predicted molar refractivity (Wildman–Crippen MR) is 104 cm³/mol. The van der Waals surface area contributed by atoms with E-state index in [9.17, 15) is 4.79 Å². The third-order valence-electron chi connectivity index (χ3n) is 5.70. The van der Waals surface area contributed by atoms with E-state index in [1.807, 2.05) is 6.07 Å². The summed E-state index contributed by atoms with van der Waals surface area (Å²) in [6.45, 7) is 1.74. The first-order valence-corrected chi connectivity index (χ1v) is 9.55. The van der Waals surface area contributed by atoms with Gasteiger partial charge in [-0.2, -0.15) is 0 Å². The zero-order valence-electron chi connectivity index (χ0n) is 15.3. The molecule has 0 aromatic heterocycles. The van der Waals surface area contributed by atoms with Crippen LogP contribution in [-0.4, -0.2) is 42.5 Å². The van der Waals surface area contributed by atoms with Gasteiger partial charge < -0.3 is 10.6 Å². The molecule has 4 nitrogen and oxygen atoms in total. The largest absolute Gasteiger partial charge is 0.358 e. The van der Waals surface area contributed by atoms with Crippen molar-refractivity contribution in [3.05, 3.63) is 71.3 Å². The molecule has 1 fully saturated rings. The van der Waals surface area contributed by atoms with Crippen molar-refractivity contribution in [3.63, 3.8) is 0 Å². The van der Waals surface area contributed by atoms with Crippen LogP contribution in [-0.2, 0) is 24.2 Å². The van der Waals surface area contributed by atoms with Gasteiger partial charge in [0, 0.05) is 32.2 Å². The lowest BCUT2D eigenvalue weighted by Gasteiger charge is -2.23. The molecule has 2 N–H and O–H groups in total. The molecule has 2 aromatic carbocycles. The highest BCUT2D eigenvalue weighted by Gasteiger charge is 2.37. The van der Waals surface area contributed by atoms with Crippen molar-refractivity contribution in [2.45, 2.75) is 43.9 Å². The summed E-state index contributed by atoms with van der Waals surface area (Å²) in [5.74, 6) is 0.125. The Labute approximate surface area is 155 Å². The maximum atomic E-state index is 12.4. The molecule has 0 spiro atoms. The number of nitrogens with zero attached hydrogens (tertiary/aromatic N) is 1. The summed E-state index contributed by atoms with van der Waals surface area (Å²) in [7, 11) is 1.73. The highest BCUT2D eigenvalue weighted by Crippen LogP contribution is 2.25. The van der Waals surface area contributed by atoms with Gasteiger partial charge in [-0.15, -0.1) is 0 Å². The van der Waals surface area contributed by atoms with Crippen LogP contribution in [0, 0.1) is 0 Å². The topological polar surface area (TPSA) is 44.4 Å². The van der Waals surface area contributed by atoms with Crippen LogP contribution in [0.2, 0.25) is 0 Å². The summed E-state index contributed by atoms with van der Waals surface area (Å²) in [6, 6.07) is 19.9. The van der Waals surface area contributed by atoms with Crippen molar-refractivity contribution >= 4 is 5.91 Å². The van der Waals surface area contributed by atoms with Crippen LogP contribution in [0.4, 0.5) is 0 Å². The SMILES string of the molecule is CNC(=O)[C@@H]1C[C@@H](NC2Cc3ccccc3C2)CN1Cc1ccccc1. The van der Waals surface area contributed by atoms with Crippen molar-refractivity contribution in [1.82, 2.24) is 15.5 Å². The molecule has 2 aliphatic rings. The second-order valence-corrected chi connectivity index (χ2v) is 7.52. The summed E-state index contributed by atoms with van der Waals surface area (Å²) in [6.07, 6.45) is 3.06. The van der Waals surface area contributed by atoms with E-state index in [1.165, 1.54) is 16.7 Å². The van der Waals surface area contributed by atoms with Gasteiger partial charge in [-0.05, 0) is 36.0 Å². The summed E-state index contributed by atoms with van der Waals surface area (Å²) < 4.78 is 0. The Kier molecular flexibility index (Phi) is 5.05. The second kappa shape index (κ2) is 7.60. The van der Waals surface area contributed by atoms with Crippen molar-refractivity contribution < 1.29 is 4.79 Å². The van der Waals surface area contributed by atoms with Crippen LogP contribution in [0.15, 0.2) is 54.6 Å². The van der Waals surface area contributed by atoms with Gasteiger partial charge in [-0.1, -0.05) is 54.6 Å². The van der Waals surface area contributed by atoms with Crippen LogP contribution in [0.1, 0.15) is 23.1 Å². The predicted octanol–water partition coefficient (Wildman–Crippen LogP) is 2.13. The number of fused-ring (bicyclic) bond motifs is 1. The molecule has 136 valence electrons. The summed E-state index contributed by atoms with van der Waals surface area (Å²) in [4.78, 5) is 14.7. The lowest BCUT2D eigenvalue weighted by molar-refractivity contribution is -0.125. The summed E-state index contributed by atoms with van der Waals surface area (Å²) >= 11 is 0. The molecule has 0 bridgehead atoms. The van der Waals surface area contributed by atoms with Gasteiger partial charge in [0.05, 0.1) is 6.04 Å². The number of benzene rings is 2.